The minimum atomic E-state index is -0.661. The average molecular weight is 316 g/mol. The third kappa shape index (κ3) is 4.11. The topological polar surface area (TPSA) is 49.3 Å². The lowest BCUT2D eigenvalue weighted by molar-refractivity contribution is -0.144. The van der Waals surface area contributed by atoms with E-state index in [4.69, 9.17) is 23.2 Å². The van der Waals surface area contributed by atoms with Gasteiger partial charge in [0.05, 0.1) is 16.0 Å². The van der Waals surface area contributed by atoms with Crippen LogP contribution in [0.5, 0.6) is 0 Å². The Hall–Kier alpha value is -0.770. The summed E-state index contributed by atoms with van der Waals surface area (Å²) in [7, 11) is 0. The highest BCUT2D eigenvalue weighted by atomic mass is 35.5. The van der Waals surface area contributed by atoms with Crippen LogP contribution in [0.1, 0.15) is 31.2 Å². The van der Waals surface area contributed by atoms with Crippen molar-refractivity contribution in [3.05, 3.63) is 33.8 Å². The second-order valence-corrected chi connectivity index (χ2v) is 6.18. The number of aliphatic carboxylic acids is 1. The number of rotatable bonds is 5. The van der Waals surface area contributed by atoms with Crippen molar-refractivity contribution in [1.82, 2.24) is 5.32 Å². The van der Waals surface area contributed by atoms with E-state index < -0.39 is 5.97 Å². The predicted octanol–water partition coefficient (Wildman–Crippen LogP) is 3.97. The summed E-state index contributed by atoms with van der Waals surface area (Å²) in [6.45, 7) is 1.41. The molecule has 1 aliphatic rings. The normalized spacial score (nSPS) is 22.7. The molecule has 5 heteroatoms. The molecular weight excluding hydrogens is 297 g/mol. The Kier molecular flexibility index (Phi) is 5.70. The van der Waals surface area contributed by atoms with Crippen molar-refractivity contribution < 1.29 is 9.90 Å². The zero-order valence-electron chi connectivity index (χ0n) is 11.2. The number of nitrogens with one attached hydrogen (secondary N) is 1. The fraction of sp³-hybridized carbons (Fsp3) is 0.533. The van der Waals surface area contributed by atoms with Gasteiger partial charge < -0.3 is 10.4 Å². The molecule has 2 atom stereocenters. The van der Waals surface area contributed by atoms with Crippen LogP contribution in [0.4, 0.5) is 0 Å². The van der Waals surface area contributed by atoms with Gasteiger partial charge in [0.15, 0.2) is 0 Å². The Balaban J connectivity index is 1.85. The lowest BCUT2D eigenvalue weighted by atomic mass is 9.79. The molecule has 0 bridgehead atoms. The second-order valence-electron chi connectivity index (χ2n) is 5.37. The van der Waals surface area contributed by atoms with Gasteiger partial charge in [0.25, 0.3) is 0 Å². The molecule has 20 heavy (non-hydrogen) atoms. The van der Waals surface area contributed by atoms with Gasteiger partial charge in [-0.3, -0.25) is 4.79 Å². The summed E-state index contributed by atoms with van der Waals surface area (Å²) in [5.41, 5.74) is 1.06. The maximum absolute atomic E-state index is 11.2. The third-order valence-electron chi connectivity index (χ3n) is 3.95. The SMILES string of the molecule is O=C(O)C1CCCCC1CNCc1ccc(Cl)c(Cl)c1. The predicted molar refractivity (Wildman–Crippen MR) is 81.3 cm³/mol. The van der Waals surface area contributed by atoms with Crippen LogP contribution < -0.4 is 5.32 Å². The fourth-order valence-corrected chi connectivity index (χ4v) is 3.15. The Morgan fingerprint density at radius 2 is 2.00 bits per heavy atom. The molecule has 1 aromatic rings. The van der Waals surface area contributed by atoms with Gasteiger partial charge in [-0.25, -0.2) is 0 Å². The Labute approximate surface area is 129 Å². The van der Waals surface area contributed by atoms with Crippen LogP contribution in [-0.2, 0) is 11.3 Å². The Morgan fingerprint density at radius 1 is 1.25 bits per heavy atom. The maximum Gasteiger partial charge on any atom is 0.306 e. The molecule has 2 unspecified atom stereocenters. The first-order valence-corrected chi connectivity index (χ1v) is 7.71. The quantitative estimate of drug-likeness (QED) is 0.864. The molecule has 0 heterocycles. The van der Waals surface area contributed by atoms with Gasteiger partial charge in [-0.05, 0) is 43.0 Å². The molecule has 0 aliphatic heterocycles. The van der Waals surface area contributed by atoms with Gasteiger partial charge in [0.2, 0.25) is 0 Å². The zero-order chi connectivity index (χ0) is 14.5. The lowest BCUT2D eigenvalue weighted by Crippen LogP contribution is -2.34. The average Bonchev–Trinajstić information content (AvgIpc) is 2.43. The summed E-state index contributed by atoms with van der Waals surface area (Å²) in [4.78, 5) is 11.2. The molecule has 0 amide bonds. The van der Waals surface area contributed by atoms with Crippen LogP contribution in [0.2, 0.25) is 10.0 Å². The van der Waals surface area contributed by atoms with E-state index in [0.29, 0.717) is 16.6 Å². The molecule has 1 fully saturated rings. The molecule has 3 nitrogen and oxygen atoms in total. The second kappa shape index (κ2) is 7.30. The maximum atomic E-state index is 11.2. The van der Waals surface area contributed by atoms with Crippen molar-refractivity contribution >= 4 is 29.2 Å². The van der Waals surface area contributed by atoms with E-state index in [0.717, 1.165) is 37.8 Å². The number of hydrogen-bond donors (Lipinski definition) is 2. The number of carboxylic acids is 1. The van der Waals surface area contributed by atoms with Gasteiger partial charge in [0, 0.05) is 6.54 Å². The van der Waals surface area contributed by atoms with Crippen molar-refractivity contribution in [3.63, 3.8) is 0 Å². The first-order valence-electron chi connectivity index (χ1n) is 6.95. The molecular formula is C15H19Cl2NO2. The highest BCUT2D eigenvalue weighted by molar-refractivity contribution is 6.42. The van der Waals surface area contributed by atoms with Crippen molar-refractivity contribution in [2.45, 2.75) is 32.2 Å². The number of hydrogen-bond acceptors (Lipinski definition) is 2. The van der Waals surface area contributed by atoms with Crippen molar-refractivity contribution in [3.8, 4) is 0 Å². The molecule has 0 saturated heterocycles. The molecule has 2 N–H and O–H groups in total. The molecule has 1 aromatic carbocycles. The van der Waals surface area contributed by atoms with Crippen LogP contribution in [0.25, 0.3) is 0 Å². The Bertz CT molecular complexity index is 479. The van der Waals surface area contributed by atoms with Crippen LogP contribution in [0.3, 0.4) is 0 Å². The minimum absolute atomic E-state index is 0.204. The first kappa shape index (κ1) is 15.6. The molecule has 110 valence electrons. The fourth-order valence-electron chi connectivity index (χ4n) is 2.83. The summed E-state index contributed by atoms with van der Waals surface area (Å²) >= 11 is 11.8. The van der Waals surface area contributed by atoms with E-state index in [1.54, 1.807) is 6.07 Å². The summed E-state index contributed by atoms with van der Waals surface area (Å²) in [5.74, 6) is -0.639. The van der Waals surface area contributed by atoms with Gasteiger partial charge in [-0.2, -0.15) is 0 Å². The third-order valence-corrected chi connectivity index (χ3v) is 4.68. The van der Waals surface area contributed by atoms with E-state index in [1.165, 1.54) is 0 Å². The van der Waals surface area contributed by atoms with Crippen LogP contribution >= 0.6 is 23.2 Å². The van der Waals surface area contributed by atoms with Gasteiger partial charge in [0.1, 0.15) is 0 Å². The zero-order valence-corrected chi connectivity index (χ0v) is 12.8. The van der Waals surface area contributed by atoms with Gasteiger partial charge in [-0.1, -0.05) is 42.1 Å². The number of carboxylic acid groups (broad SMARTS) is 1. The van der Waals surface area contributed by atoms with Crippen LogP contribution in [0, 0.1) is 11.8 Å². The number of halogens is 2. The van der Waals surface area contributed by atoms with E-state index >= 15 is 0 Å². The summed E-state index contributed by atoms with van der Waals surface area (Å²) in [5, 5.41) is 13.7. The standard InChI is InChI=1S/C15H19Cl2NO2/c16-13-6-5-10(7-14(13)17)8-18-9-11-3-1-2-4-12(11)15(19)20/h5-7,11-12,18H,1-4,8-9H2,(H,19,20). The van der Waals surface area contributed by atoms with Gasteiger partial charge >= 0.3 is 5.97 Å². The molecule has 0 aromatic heterocycles. The highest BCUT2D eigenvalue weighted by Crippen LogP contribution is 2.30. The van der Waals surface area contributed by atoms with E-state index in [1.807, 2.05) is 12.1 Å². The minimum Gasteiger partial charge on any atom is -0.481 e. The van der Waals surface area contributed by atoms with Crippen LogP contribution in [0.15, 0.2) is 18.2 Å². The van der Waals surface area contributed by atoms with Crippen LogP contribution in [-0.4, -0.2) is 17.6 Å². The Morgan fingerprint density at radius 3 is 2.70 bits per heavy atom. The van der Waals surface area contributed by atoms with E-state index in [2.05, 4.69) is 5.32 Å². The molecule has 2 rings (SSSR count). The number of carbonyl (C=O) groups is 1. The van der Waals surface area contributed by atoms with Crippen molar-refractivity contribution in [2.24, 2.45) is 11.8 Å². The van der Waals surface area contributed by atoms with E-state index in [-0.39, 0.29) is 11.8 Å². The molecule has 1 saturated carbocycles. The largest absolute Gasteiger partial charge is 0.481 e. The van der Waals surface area contributed by atoms with Crippen molar-refractivity contribution in [2.75, 3.05) is 6.54 Å². The van der Waals surface area contributed by atoms with Gasteiger partial charge in [-0.15, -0.1) is 0 Å². The summed E-state index contributed by atoms with van der Waals surface area (Å²) in [6.07, 6.45) is 3.95. The molecule has 0 radical (unpaired) electrons. The summed E-state index contributed by atoms with van der Waals surface area (Å²) in [6, 6.07) is 5.55. The number of benzene rings is 1. The first-order chi connectivity index (χ1) is 9.58. The molecule has 1 aliphatic carbocycles. The molecule has 0 spiro atoms. The highest BCUT2D eigenvalue weighted by Gasteiger charge is 2.30. The smallest absolute Gasteiger partial charge is 0.306 e. The lowest BCUT2D eigenvalue weighted by Gasteiger charge is -2.28. The van der Waals surface area contributed by atoms with Crippen molar-refractivity contribution in [1.29, 1.82) is 0 Å². The van der Waals surface area contributed by atoms with E-state index in [9.17, 15) is 9.90 Å². The monoisotopic (exact) mass is 315 g/mol. The summed E-state index contributed by atoms with van der Waals surface area (Å²) < 4.78 is 0.